The molecular formula is C29H25N3O5S. The maximum absolute atomic E-state index is 14.6. The number of anilines is 1. The van der Waals surface area contributed by atoms with Crippen LogP contribution in [0.4, 0.5) is 10.5 Å². The number of hydrogen-bond donors (Lipinski definition) is 0. The van der Waals surface area contributed by atoms with Gasteiger partial charge in [-0.3, -0.25) is 4.79 Å². The first-order chi connectivity index (χ1) is 18.0. The maximum Gasteiger partial charge on any atom is 0.421 e. The number of ether oxygens (including phenoxy) is 2. The number of hydrogen-bond acceptors (Lipinski definition) is 8. The normalized spacial score (nSPS) is 19.9. The van der Waals surface area contributed by atoms with E-state index in [1.165, 1.54) is 18.9 Å². The summed E-state index contributed by atoms with van der Waals surface area (Å²) in [5.41, 5.74) is -1.68. The van der Waals surface area contributed by atoms with Gasteiger partial charge in [0.1, 0.15) is 28.7 Å². The molecule has 4 rings (SSSR count). The van der Waals surface area contributed by atoms with Crippen molar-refractivity contribution in [3.63, 3.8) is 0 Å². The Kier molecular flexibility index (Phi) is 6.92. The standard InChI is InChI=1S/C29H25N3O5S/c1-17(25(33)36-5)29(21-16-38-23-13-9-6-10-19(23)24(21)18(14-30)15-31)20-11-7-8-12-22(20)32(26(29)34)27(35)37-28(2,3)4/h6-13,21H,1,16H2,2-5H3/t21-,29-/m1/s1. The molecule has 0 unspecified atom stereocenters. The molecule has 38 heavy (non-hydrogen) atoms. The van der Waals surface area contributed by atoms with E-state index in [-0.39, 0.29) is 22.6 Å². The lowest BCUT2D eigenvalue weighted by Crippen LogP contribution is -2.52. The molecule has 2 heterocycles. The summed E-state index contributed by atoms with van der Waals surface area (Å²) in [6.45, 7) is 9.04. The molecule has 2 aliphatic rings. The predicted molar refractivity (Wildman–Crippen MR) is 142 cm³/mol. The third kappa shape index (κ3) is 4.06. The number of thioether (sulfide) groups is 1. The van der Waals surface area contributed by atoms with Crippen LogP contribution in [0, 0.1) is 28.6 Å². The number of esters is 1. The Morgan fingerprint density at radius 2 is 1.74 bits per heavy atom. The van der Waals surface area contributed by atoms with E-state index < -0.39 is 34.9 Å². The van der Waals surface area contributed by atoms with E-state index in [0.29, 0.717) is 16.7 Å². The Morgan fingerprint density at radius 3 is 2.37 bits per heavy atom. The minimum atomic E-state index is -1.85. The quantitative estimate of drug-likeness (QED) is 0.305. The first-order valence-corrected chi connectivity index (χ1v) is 12.7. The van der Waals surface area contributed by atoms with Crippen molar-refractivity contribution in [3.05, 3.63) is 77.4 Å². The monoisotopic (exact) mass is 527 g/mol. The highest BCUT2D eigenvalue weighted by atomic mass is 32.2. The number of carbonyl (C=O) groups is 3. The number of para-hydroxylation sites is 1. The summed E-state index contributed by atoms with van der Waals surface area (Å²) in [4.78, 5) is 42.8. The fourth-order valence-corrected chi connectivity index (χ4v) is 6.34. The van der Waals surface area contributed by atoms with Crippen molar-refractivity contribution in [2.45, 2.75) is 36.7 Å². The highest BCUT2D eigenvalue weighted by Gasteiger charge is 2.62. The van der Waals surface area contributed by atoms with E-state index in [2.05, 4.69) is 6.58 Å². The summed E-state index contributed by atoms with van der Waals surface area (Å²) < 4.78 is 10.6. The molecule has 0 fully saturated rings. The first-order valence-electron chi connectivity index (χ1n) is 11.7. The van der Waals surface area contributed by atoms with Gasteiger partial charge < -0.3 is 9.47 Å². The van der Waals surface area contributed by atoms with Gasteiger partial charge in [-0.2, -0.15) is 10.5 Å². The van der Waals surface area contributed by atoms with Gasteiger partial charge in [0.25, 0.3) is 5.91 Å². The largest absolute Gasteiger partial charge is 0.466 e. The van der Waals surface area contributed by atoms with Crippen LogP contribution < -0.4 is 4.90 Å². The summed E-state index contributed by atoms with van der Waals surface area (Å²) in [5, 5.41) is 19.9. The van der Waals surface area contributed by atoms with E-state index in [1.54, 1.807) is 57.2 Å². The average Bonchev–Trinajstić information content (AvgIpc) is 3.16. The van der Waals surface area contributed by atoms with Crippen LogP contribution in [-0.2, 0) is 24.5 Å². The van der Waals surface area contributed by atoms with Crippen LogP contribution in [-0.4, -0.2) is 36.4 Å². The topological polar surface area (TPSA) is 120 Å². The molecule has 9 heteroatoms. The van der Waals surface area contributed by atoms with Crippen LogP contribution >= 0.6 is 11.8 Å². The number of methoxy groups -OCH3 is 1. The van der Waals surface area contributed by atoms with Crippen molar-refractivity contribution < 1.29 is 23.9 Å². The van der Waals surface area contributed by atoms with Gasteiger partial charge in [-0.1, -0.05) is 43.0 Å². The molecule has 0 N–H and O–H groups in total. The summed E-state index contributed by atoms with van der Waals surface area (Å²) in [5.74, 6) is -2.31. The van der Waals surface area contributed by atoms with Gasteiger partial charge in [-0.05, 0) is 49.6 Å². The van der Waals surface area contributed by atoms with Gasteiger partial charge in [-0.25, -0.2) is 14.5 Å². The van der Waals surface area contributed by atoms with Crippen molar-refractivity contribution in [1.82, 2.24) is 0 Å². The molecule has 0 saturated carbocycles. The van der Waals surface area contributed by atoms with Crippen LogP contribution in [0.25, 0.3) is 5.57 Å². The van der Waals surface area contributed by atoms with Crippen LogP contribution in [0.1, 0.15) is 31.9 Å². The SMILES string of the molecule is C=C(C(=O)OC)[C@@]1([C@@H]2CSc3ccccc3C2=C(C#N)C#N)C(=O)N(C(=O)OC(C)(C)C)c2ccccc21. The number of nitriles is 2. The molecule has 8 nitrogen and oxygen atoms in total. The second-order valence-corrected chi connectivity index (χ2v) is 10.9. The Bertz CT molecular complexity index is 1470. The van der Waals surface area contributed by atoms with Gasteiger partial charge in [0.05, 0.1) is 18.4 Å². The number of rotatable bonds is 3. The van der Waals surface area contributed by atoms with E-state index in [4.69, 9.17) is 9.47 Å². The lowest BCUT2D eigenvalue weighted by Gasteiger charge is -2.41. The number of fused-ring (bicyclic) bond motifs is 2. The van der Waals surface area contributed by atoms with Crippen LogP contribution in [0.15, 0.2) is 71.2 Å². The second kappa shape index (κ2) is 9.85. The van der Waals surface area contributed by atoms with E-state index in [9.17, 15) is 24.9 Å². The molecule has 0 aromatic heterocycles. The van der Waals surface area contributed by atoms with Gasteiger partial charge in [0.15, 0.2) is 0 Å². The molecule has 0 spiro atoms. The zero-order chi connectivity index (χ0) is 27.8. The van der Waals surface area contributed by atoms with E-state index in [1.807, 2.05) is 24.3 Å². The molecule has 0 aliphatic carbocycles. The Morgan fingerprint density at radius 1 is 1.11 bits per heavy atom. The van der Waals surface area contributed by atoms with Gasteiger partial charge in [0, 0.05) is 16.6 Å². The van der Waals surface area contributed by atoms with Gasteiger partial charge in [0.2, 0.25) is 0 Å². The van der Waals surface area contributed by atoms with E-state index >= 15 is 0 Å². The first kappa shape index (κ1) is 26.7. The highest BCUT2D eigenvalue weighted by Crippen LogP contribution is 2.58. The van der Waals surface area contributed by atoms with Crippen molar-refractivity contribution in [1.29, 1.82) is 10.5 Å². The summed E-state index contributed by atoms with van der Waals surface area (Å²) in [6, 6.07) is 17.8. The molecule has 2 amide bonds. The van der Waals surface area contributed by atoms with Crippen LogP contribution in [0.2, 0.25) is 0 Å². The molecular weight excluding hydrogens is 502 g/mol. The summed E-state index contributed by atoms with van der Waals surface area (Å²) in [6.07, 6.45) is -0.912. The number of benzene rings is 2. The summed E-state index contributed by atoms with van der Waals surface area (Å²) in [7, 11) is 1.18. The number of nitrogens with zero attached hydrogens (tertiary/aromatic N) is 3. The van der Waals surface area contributed by atoms with Gasteiger partial charge >= 0.3 is 12.1 Å². The van der Waals surface area contributed by atoms with Gasteiger partial charge in [-0.15, -0.1) is 11.8 Å². The van der Waals surface area contributed by atoms with Crippen LogP contribution in [0.3, 0.4) is 0 Å². The average molecular weight is 528 g/mol. The zero-order valence-corrected chi connectivity index (χ0v) is 22.2. The zero-order valence-electron chi connectivity index (χ0n) is 21.4. The molecule has 2 aliphatic heterocycles. The second-order valence-electron chi connectivity index (χ2n) is 9.79. The van der Waals surface area contributed by atoms with Crippen molar-refractivity contribution in [3.8, 4) is 12.1 Å². The summed E-state index contributed by atoms with van der Waals surface area (Å²) >= 11 is 1.42. The third-order valence-corrected chi connectivity index (χ3v) is 7.71. The number of amides is 2. The van der Waals surface area contributed by atoms with Crippen molar-refractivity contribution >= 4 is 41.0 Å². The number of carbonyl (C=O) groups excluding carboxylic acids is 3. The lowest BCUT2D eigenvalue weighted by molar-refractivity contribution is -0.139. The molecule has 2 atom stereocenters. The third-order valence-electron chi connectivity index (χ3n) is 6.54. The molecule has 0 saturated heterocycles. The number of allylic oxidation sites excluding steroid dienone is 2. The number of imide groups is 1. The molecule has 2 aromatic carbocycles. The molecule has 192 valence electrons. The highest BCUT2D eigenvalue weighted by molar-refractivity contribution is 7.99. The molecule has 0 radical (unpaired) electrons. The Balaban J connectivity index is 2.08. The Hall–Kier alpha value is -4.34. The van der Waals surface area contributed by atoms with Crippen molar-refractivity contribution in [2.75, 3.05) is 17.8 Å². The molecule has 2 aromatic rings. The minimum Gasteiger partial charge on any atom is -0.466 e. The minimum absolute atomic E-state index is 0.194. The fraction of sp³-hybridized carbons (Fsp3) is 0.276. The maximum atomic E-state index is 14.6. The van der Waals surface area contributed by atoms with Crippen LogP contribution in [0.5, 0.6) is 0 Å². The smallest absolute Gasteiger partial charge is 0.421 e. The Labute approximate surface area is 225 Å². The van der Waals surface area contributed by atoms with E-state index in [0.717, 1.165) is 9.80 Å². The van der Waals surface area contributed by atoms with Crippen molar-refractivity contribution in [2.24, 2.45) is 5.92 Å². The fourth-order valence-electron chi connectivity index (χ4n) is 5.07. The predicted octanol–water partition coefficient (Wildman–Crippen LogP) is 5.16. The lowest BCUT2D eigenvalue weighted by atomic mass is 9.62. The molecule has 0 bridgehead atoms.